The largest absolute Gasteiger partial charge is 0.353 e. The van der Waals surface area contributed by atoms with E-state index in [1.54, 1.807) is 0 Å². The first kappa shape index (κ1) is 13.4. The molecule has 0 heterocycles. The number of hydrogen-bond donors (Lipinski definition) is 2. The lowest BCUT2D eigenvalue weighted by Gasteiger charge is -2.25. The van der Waals surface area contributed by atoms with Crippen LogP contribution in [0.15, 0.2) is 0 Å². The molecule has 0 aliphatic heterocycles. The van der Waals surface area contributed by atoms with Crippen LogP contribution >= 0.6 is 0 Å². The number of rotatable bonds is 6. The highest BCUT2D eigenvalue weighted by Crippen LogP contribution is 2.09. The minimum atomic E-state index is 0.0586. The van der Waals surface area contributed by atoms with Crippen molar-refractivity contribution in [3.8, 4) is 0 Å². The van der Waals surface area contributed by atoms with Crippen LogP contribution in [0, 0.1) is 0 Å². The maximum Gasteiger partial charge on any atom is 0.234 e. The fraction of sp³-hybridized carbons (Fsp3) is 0.909. The Balaban J connectivity index is 3.75. The molecule has 3 heteroatoms. The van der Waals surface area contributed by atoms with Crippen molar-refractivity contribution in [2.45, 2.75) is 59.0 Å². The van der Waals surface area contributed by atoms with Crippen molar-refractivity contribution in [1.29, 1.82) is 0 Å². The summed E-state index contributed by atoms with van der Waals surface area (Å²) in [6.45, 7) is 10.7. The third-order valence-electron chi connectivity index (χ3n) is 2.05. The van der Waals surface area contributed by atoms with Gasteiger partial charge in [0.05, 0.1) is 6.54 Å². The number of carbonyl (C=O) groups is 1. The third-order valence-corrected chi connectivity index (χ3v) is 2.05. The molecule has 0 saturated carbocycles. The van der Waals surface area contributed by atoms with Gasteiger partial charge in [-0.05, 0) is 34.1 Å². The summed E-state index contributed by atoms with van der Waals surface area (Å²) in [5, 5.41) is 6.11. The standard InChI is InChI=1S/C11H24N2O/c1-6-7-11(4,5)12-8-10(14)13-9(2)3/h9,12H,6-8H2,1-5H3,(H,13,14). The van der Waals surface area contributed by atoms with Gasteiger partial charge in [-0.1, -0.05) is 13.3 Å². The Morgan fingerprint density at radius 2 is 1.93 bits per heavy atom. The van der Waals surface area contributed by atoms with E-state index in [4.69, 9.17) is 0 Å². The van der Waals surface area contributed by atoms with Crippen molar-refractivity contribution < 1.29 is 4.79 Å². The van der Waals surface area contributed by atoms with Gasteiger partial charge >= 0.3 is 0 Å². The number of hydrogen-bond acceptors (Lipinski definition) is 2. The minimum absolute atomic E-state index is 0.0586. The molecule has 0 atom stereocenters. The molecule has 0 spiro atoms. The average molecular weight is 200 g/mol. The third kappa shape index (κ3) is 6.89. The average Bonchev–Trinajstić information content (AvgIpc) is 2.00. The van der Waals surface area contributed by atoms with Crippen LogP contribution in [0.2, 0.25) is 0 Å². The van der Waals surface area contributed by atoms with Crippen LogP contribution in [-0.4, -0.2) is 24.0 Å². The highest BCUT2D eigenvalue weighted by atomic mass is 16.1. The molecule has 0 saturated heterocycles. The van der Waals surface area contributed by atoms with Gasteiger partial charge in [0.15, 0.2) is 0 Å². The Hall–Kier alpha value is -0.570. The monoisotopic (exact) mass is 200 g/mol. The predicted octanol–water partition coefficient (Wildman–Crippen LogP) is 1.68. The summed E-state index contributed by atoms with van der Waals surface area (Å²) >= 11 is 0. The van der Waals surface area contributed by atoms with Crippen LogP contribution in [0.25, 0.3) is 0 Å². The summed E-state index contributed by atoms with van der Waals surface area (Å²) in [5.74, 6) is 0.0733. The van der Waals surface area contributed by atoms with Crippen LogP contribution in [0.3, 0.4) is 0 Å². The van der Waals surface area contributed by atoms with Crippen molar-refractivity contribution in [2.75, 3.05) is 6.54 Å². The zero-order valence-electron chi connectivity index (χ0n) is 10.1. The van der Waals surface area contributed by atoms with Gasteiger partial charge in [-0.25, -0.2) is 0 Å². The van der Waals surface area contributed by atoms with Gasteiger partial charge in [0.25, 0.3) is 0 Å². The zero-order valence-corrected chi connectivity index (χ0v) is 10.1. The molecule has 0 radical (unpaired) electrons. The molecule has 0 aromatic carbocycles. The molecule has 0 fully saturated rings. The molecule has 0 aromatic heterocycles. The zero-order chi connectivity index (χ0) is 11.2. The van der Waals surface area contributed by atoms with Crippen LogP contribution in [0.4, 0.5) is 0 Å². The first-order chi connectivity index (χ1) is 6.37. The van der Waals surface area contributed by atoms with E-state index in [1.807, 2.05) is 13.8 Å². The second-order valence-electron chi connectivity index (χ2n) is 4.71. The number of nitrogens with one attached hydrogen (secondary N) is 2. The van der Waals surface area contributed by atoms with Crippen LogP contribution in [-0.2, 0) is 4.79 Å². The van der Waals surface area contributed by atoms with E-state index in [2.05, 4.69) is 31.4 Å². The van der Waals surface area contributed by atoms with Gasteiger partial charge in [0.2, 0.25) is 5.91 Å². The predicted molar refractivity (Wildman–Crippen MR) is 60.3 cm³/mol. The van der Waals surface area contributed by atoms with Crippen molar-refractivity contribution >= 4 is 5.91 Å². The quantitative estimate of drug-likeness (QED) is 0.685. The summed E-state index contributed by atoms with van der Waals surface area (Å²) in [5.41, 5.74) is 0.0586. The van der Waals surface area contributed by atoms with Gasteiger partial charge in [-0.3, -0.25) is 4.79 Å². The fourth-order valence-electron chi connectivity index (χ4n) is 1.41. The fourth-order valence-corrected chi connectivity index (χ4v) is 1.41. The topological polar surface area (TPSA) is 41.1 Å². The maximum absolute atomic E-state index is 11.3. The van der Waals surface area contributed by atoms with Gasteiger partial charge < -0.3 is 10.6 Å². The molecule has 0 rings (SSSR count). The van der Waals surface area contributed by atoms with E-state index in [9.17, 15) is 4.79 Å². The first-order valence-corrected chi connectivity index (χ1v) is 5.42. The molecule has 1 amide bonds. The Kier molecular flexibility index (Phi) is 5.77. The van der Waals surface area contributed by atoms with Crippen molar-refractivity contribution in [1.82, 2.24) is 10.6 Å². The molecule has 3 nitrogen and oxygen atoms in total. The second kappa shape index (κ2) is 6.02. The second-order valence-corrected chi connectivity index (χ2v) is 4.71. The molecule has 0 aliphatic rings. The SMILES string of the molecule is CCCC(C)(C)NCC(=O)NC(C)C. The molecule has 14 heavy (non-hydrogen) atoms. The molecule has 0 aliphatic carbocycles. The summed E-state index contributed by atoms with van der Waals surface area (Å²) in [6.07, 6.45) is 2.22. The molecule has 2 N–H and O–H groups in total. The summed E-state index contributed by atoms with van der Waals surface area (Å²) in [4.78, 5) is 11.3. The van der Waals surface area contributed by atoms with Crippen molar-refractivity contribution in [2.24, 2.45) is 0 Å². The van der Waals surface area contributed by atoms with E-state index in [0.29, 0.717) is 6.54 Å². The minimum Gasteiger partial charge on any atom is -0.353 e. The Bertz CT molecular complexity index is 176. The Morgan fingerprint density at radius 3 is 2.36 bits per heavy atom. The highest BCUT2D eigenvalue weighted by Gasteiger charge is 2.16. The summed E-state index contributed by atoms with van der Waals surface area (Å²) in [7, 11) is 0. The first-order valence-electron chi connectivity index (χ1n) is 5.42. The van der Waals surface area contributed by atoms with Gasteiger partial charge in [-0.2, -0.15) is 0 Å². The highest BCUT2D eigenvalue weighted by molar-refractivity contribution is 5.78. The Labute approximate surface area is 87.6 Å². The van der Waals surface area contributed by atoms with Crippen LogP contribution in [0.1, 0.15) is 47.5 Å². The number of amides is 1. The van der Waals surface area contributed by atoms with Crippen LogP contribution in [0.5, 0.6) is 0 Å². The lowest BCUT2D eigenvalue weighted by molar-refractivity contribution is -0.121. The van der Waals surface area contributed by atoms with E-state index < -0.39 is 0 Å². The van der Waals surface area contributed by atoms with Crippen LogP contribution < -0.4 is 10.6 Å². The maximum atomic E-state index is 11.3. The number of carbonyl (C=O) groups excluding carboxylic acids is 1. The molecule has 0 aromatic rings. The molecular weight excluding hydrogens is 176 g/mol. The lowest BCUT2D eigenvalue weighted by Crippen LogP contribution is -2.46. The van der Waals surface area contributed by atoms with Crippen molar-refractivity contribution in [3.05, 3.63) is 0 Å². The smallest absolute Gasteiger partial charge is 0.234 e. The van der Waals surface area contributed by atoms with E-state index >= 15 is 0 Å². The van der Waals surface area contributed by atoms with Crippen molar-refractivity contribution in [3.63, 3.8) is 0 Å². The molecule has 84 valence electrons. The summed E-state index contributed by atoms with van der Waals surface area (Å²) in [6, 6.07) is 0.221. The Morgan fingerprint density at radius 1 is 1.36 bits per heavy atom. The van der Waals surface area contributed by atoms with E-state index in [-0.39, 0.29) is 17.5 Å². The molecular formula is C11H24N2O. The molecule has 0 unspecified atom stereocenters. The van der Waals surface area contributed by atoms with Gasteiger partial charge in [0.1, 0.15) is 0 Å². The summed E-state index contributed by atoms with van der Waals surface area (Å²) < 4.78 is 0. The van der Waals surface area contributed by atoms with Gasteiger partial charge in [0, 0.05) is 11.6 Å². The lowest BCUT2D eigenvalue weighted by atomic mass is 9.99. The molecule has 0 bridgehead atoms. The van der Waals surface area contributed by atoms with E-state index in [1.165, 1.54) is 0 Å². The normalized spacial score (nSPS) is 11.9. The van der Waals surface area contributed by atoms with Gasteiger partial charge in [-0.15, -0.1) is 0 Å². The van der Waals surface area contributed by atoms with E-state index in [0.717, 1.165) is 12.8 Å².